The van der Waals surface area contributed by atoms with Crippen LogP contribution in [0.2, 0.25) is 0 Å². The van der Waals surface area contributed by atoms with Crippen LogP contribution in [0.3, 0.4) is 0 Å². The molecule has 4 heteroatoms. The molecule has 0 heterocycles. The number of nitrogens with two attached hydrogens (primary N) is 1. The fourth-order valence-electron chi connectivity index (χ4n) is 0.818. The zero-order valence-electron chi connectivity index (χ0n) is 6.26. The second-order valence-electron chi connectivity index (χ2n) is 2.31. The number of aryl methyl sites for hydroxylation is 1. The molecule has 0 saturated carbocycles. The van der Waals surface area contributed by atoms with E-state index in [4.69, 9.17) is 10.9 Å². The van der Waals surface area contributed by atoms with E-state index >= 15 is 0 Å². The third kappa shape index (κ3) is 1.83. The summed E-state index contributed by atoms with van der Waals surface area (Å²) in [5, 5.41) is 8.29. The van der Waals surface area contributed by atoms with Gasteiger partial charge in [0.25, 0.3) is 0 Å². The van der Waals surface area contributed by atoms with Gasteiger partial charge in [-0.25, -0.2) is 0 Å². The van der Waals surface area contributed by atoms with Crippen molar-refractivity contribution in [3.8, 4) is 0 Å². The Hall–Kier alpha value is -1.26. The predicted octanol–water partition coefficient (Wildman–Crippen LogP) is 0.883. The molecule has 0 saturated heterocycles. The van der Waals surface area contributed by atoms with Crippen LogP contribution < -0.4 is 16.7 Å². The van der Waals surface area contributed by atoms with Gasteiger partial charge in [0.05, 0.1) is 5.69 Å². The molecule has 0 radical (unpaired) electrons. The normalized spacial score (nSPS) is 9.64. The van der Waals surface area contributed by atoms with Gasteiger partial charge in [-0.05, 0) is 30.7 Å². The second-order valence-corrected chi connectivity index (χ2v) is 2.31. The van der Waals surface area contributed by atoms with Crippen LogP contribution in [0.4, 0.5) is 11.4 Å². The van der Waals surface area contributed by atoms with Crippen molar-refractivity contribution in [2.24, 2.45) is 0 Å². The zero-order valence-corrected chi connectivity index (χ0v) is 6.26. The van der Waals surface area contributed by atoms with Gasteiger partial charge in [-0.1, -0.05) is 0 Å². The summed E-state index contributed by atoms with van der Waals surface area (Å²) in [6.45, 7) is 1.90. The van der Waals surface area contributed by atoms with Gasteiger partial charge in [0.2, 0.25) is 0 Å². The van der Waals surface area contributed by atoms with Crippen LogP contribution >= 0.6 is 0 Å². The summed E-state index contributed by atoms with van der Waals surface area (Å²) in [7, 11) is 0. The minimum atomic E-state index is 0.744. The highest BCUT2D eigenvalue weighted by Crippen LogP contribution is 2.15. The molecule has 4 nitrogen and oxygen atoms in total. The topological polar surface area (TPSA) is 70.3 Å². The molecule has 60 valence electrons. The number of benzene rings is 1. The highest BCUT2D eigenvalue weighted by Gasteiger charge is 1.93. The Balaban J connectivity index is 2.86. The van der Waals surface area contributed by atoms with E-state index in [1.165, 1.54) is 0 Å². The summed E-state index contributed by atoms with van der Waals surface area (Å²) < 4.78 is 0. The third-order valence-corrected chi connectivity index (χ3v) is 1.47. The van der Waals surface area contributed by atoms with Crippen molar-refractivity contribution in [3.05, 3.63) is 23.8 Å². The predicted molar refractivity (Wildman–Crippen MR) is 44.1 cm³/mol. The van der Waals surface area contributed by atoms with Crippen molar-refractivity contribution >= 4 is 11.4 Å². The number of hydrazine groups is 1. The molecule has 0 unspecified atom stereocenters. The molecule has 0 aliphatic rings. The van der Waals surface area contributed by atoms with Gasteiger partial charge in [0, 0.05) is 5.69 Å². The SMILES string of the molecule is Cc1cc(NNO)ccc1N. The van der Waals surface area contributed by atoms with Gasteiger partial charge in [-0.3, -0.25) is 10.6 Å². The maximum absolute atomic E-state index is 8.29. The van der Waals surface area contributed by atoms with E-state index in [2.05, 4.69) is 5.43 Å². The van der Waals surface area contributed by atoms with Crippen molar-refractivity contribution < 1.29 is 5.21 Å². The van der Waals surface area contributed by atoms with Crippen LogP contribution in [0.15, 0.2) is 18.2 Å². The van der Waals surface area contributed by atoms with Crippen LogP contribution in [0.25, 0.3) is 0 Å². The molecule has 0 aliphatic heterocycles. The van der Waals surface area contributed by atoms with E-state index in [1.807, 2.05) is 18.6 Å². The lowest BCUT2D eigenvalue weighted by Crippen LogP contribution is -2.15. The quantitative estimate of drug-likeness (QED) is 0.376. The molecule has 0 aliphatic carbocycles. The number of nitrogen functional groups attached to an aromatic ring is 1. The van der Waals surface area contributed by atoms with Crippen LogP contribution in [0.1, 0.15) is 5.56 Å². The third-order valence-electron chi connectivity index (χ3n) is 1.47. The minimum absolute atomic E-state index is 0.744. The molecule has 0 fully saturated rings. The molecular formula is C7H11N3O. The van der Waals surface area contributed by atoms with Crippen LogP contribution in [0.5, 0.6) is 0 Å². The van der Waals surface area contributed by atoms with Gasteiger partial charge in [-0.2, -0.15) is 0 Å². The number of nitrogens with one attached hydrogen (secondary N) is 2. The number of hydrogen-bond donors (Lipinski definition) is 4. The maximum Gasteiger partial charge on any atom is 0.0513 e. The highest BCUT2D eigenvalue weighted by atomic mass is 16.5. The highest BCUT2D eigenvalue weighted by molar-refractivity contribution is 5.56. The molecule has 0 aromatic heterocycles. The van der Waals surface area contributed by atoms with Crippen molar-refractivity contribution in [2.75, 3.05) is 11.2 Å². The molecule has 11 heavy (non-hydrogen) atoms. The average molecular weight is 153 g/mol. The lowest BCUT2D eigenvalue weighted by atomic mass is 10.2. The van der Waals surface area contributed by atoms with Crippen LogP contribution in [-0.2, 0) is 0 Å². The van der Waals surface area contributed by atoms with Crippen LogP contribution in [0, 0.1) is 6.92 Å². The summed E-state index contributed by atoms with van der Waals surface area (Å²) in [4.78, 5) is 0. The van der Waals surface area contributed by atoms with E-state index in [0.29, 0.717) is 0 Å². The molecule has 0 spiro atoms. The summed E-state index contributed by atoms with van der Waals surface area (Å²) in [5.74, 6) is 0. The summed E-state index contributed by atoms with van der Waals surface area (Å²) >= 11 is 0. The van der Waals surface area contributed by atoms with Gasteiger partial charge in [-0.15, -0.1) is 5.59 Å². The first-order valence-electron chi connectivity index (χ1n) is 3.25. The molecule has 5 N–H and O–H groups in total. The van der Waals surface area contributed by atoms with Crippen molar-refractivity contribution in [1.29, 1.82) is 0 Å². The second kappa shape index (κ2) is 3.23. The molecule has 0 bridgehead atoms. The van der Waals surface area contributed by atoms with Gasteiger partial charge in [0.1, 0.15) is 0 Å². The Bertz CT molecular complexity index is 249. The van der Waals surface area contributed by atoms with Crippen molar-refractivity contribution in [1.82, 2.24) is 5.59 Å². The van der Waals surface area contributed by atoms with Gasteiger partial charge in [0.15, 0.2) is 0 Å². The van der Waals surface area contributed by atoms with E-state index < -0.39 is 0 Å². The lowest BCUT2D eigenvalue weighted by molar-refractivity contribution is 0.193. The smallest absolute Gasteiger partial charge is 0.0513 e. The minimum Gasteiger partial charge on any atom is -0.399 e. The number of hydrogen-bond acceptors (Lipinski definition) is 4. The molecule has 0 atom stereocenters. The first-order valence-corrected chi connectivity index (χ1v) is 3.25. The Morgan fingerprint density at radius 2 is 2.18 bits per heavy atom. The van der Waals surface area contributed by atoms with Gasteiger partial charge >= 0.3 is 0 Å². The molecule has 1 rings (SSSR count). The number of anilines is 2. The van der Waals surface area contributed by atoms with Crippen molar-refractivity contribution in [3.63, 3.8) is 0 Å². The van der Waals surface area contributed by atoms with E-state index in [0.717, 1.165) is 16.9 Å². The largest absolute Gasteiger partial charge is 0.399 e. The van der Waals surface area contributed by atoms with E-state index in [9.17, 15) is 0 Å². The lowest BCUT2D eigenvalue weighted by Gasteiger charge is -2.05. The summed E-state index contributed by atoms with van der Waals surface area (Å²) in [5.41, 5.74) is 12.4. The summed E-state index contributed by atoms with van der Waals surface area (Å²) in [6, 6.07) is 5.37. The number of rotatable bonds is 2. The molecule has 1 aromatic rings. The standard InChI is InChI=1S/C7H11N3O/c1-5-4-6(9-10-11)2-3-7(5)8/h2-4,9-11H,8H2,1H3. The Labute approximate surface area is 65.0 Å². The first-order chi connectivity index (χ1) is 5.24. The molecular weight excluding hydrogens is 142 g/mol. The first kappa shape index (κ1) is 7.84. The average Bonchev–Trinajstić information content (AvgIpc) is 1.98. The van der Waals surface area contributed by atoms with E-state index in [-0.39, 0.29) is 0 Å². The Morgan fingerprint density at radius 1 is 1.45 bits per heavy atom. The van der Waals surface area contributed by atoms with Gasteiger partial charge < -0.3 is 5.73 Å². The van der Waals surface area contributed by atoms with Crippen molar-refractivity contribution in [2.45, 2.75) is 6.92 Å². The molecule has 0 amide bonds. The fraction of sp³-hybridized carbons (Fsp3) is 0.143. The fourth-order valence-corrected chi connectivity index (χ4v) is 0.818. The maximum atomic E-state index is 8.29. The van der Waals surface area contributed by atoms with E-state index in [1.54, 1.807) is 12.1 Å². The van der Waals surface area contributed by atoms with Crippen LogP contribution in [-0.4, -0.2) is 5.21 Å². The molecule has 1 aromatic carbocycles. The summed E-state index contributed by atoms with van der Waals surface area (Å²) in [6.07, 6.45) is 0. The Kier molecular flexibility index (Phi) is 2.30. The monoisotopic (exact) mass is 153 g/mol. The zero-order chi connectivity index (χ0) is 8.27. The Morgan fingerprint density at radius 3 is 2.73 bits per heavy atom.